The van der Waals surface area contributed by atoms with Gasteiger partial charge in [-0.25, -0.2) is 4.39 Å². The van der Waals surface area contributed by atoms with Gasteiger partial charge in [-0.15, -0.1) is 0 Å². The predicted octanol–water partition coefficient (Wildman–Crippen LogP) is 2.30. The first-order chi connectivity index (χ1) is 11.2. The number of nitrogens with zero attached hydrogens (tertiary/aromatic N) is 1. The van der Waals surface area contributed by atoms with E-state index >= 15 is 0 Å². The monoisotopic (exact) mass is 322 g/mol. The van der Waals surface area contributed by atoms with Crippen molar-refractivity contribution < 1.29 is 14.2 Å². The van der Waals surface area contributed by atoms with Gasteiger partial charge in [0.05, 0.1) is 11.8 Å². The van der Waals surface area contributed by atoms with Crippen LogP contribution in [0.15, 0.2) is 18.2 Å². The van der Waals surface area contributed by atoms with Gasteiger partial charge in [0.15, 0.2) is 0 Å². The predicted molar refractivity (Wildman–Crippen MR) is 89.1 cm³/mol. The molecular formula is C18H27FN2O2. The van der Waals surface area contributed by atoms with E-state index in [9.17, 15) is 9.50 Å². The summed E-state index contributed by atoms with van der Waals surface area (Å²) in [4.78, 5) is 2.03. The molecule has 4 nitrogen and oxygen atoms in total. The van der Waals surface area contributed by atoms with Gasteiger partial charge in [0.1, 0.15) is 5.82 Å². The number of piperidine rings is 1. The maximum atomic E-state index is 14.4. The molecule has 0 atom stereocenters. The van der Waals surface area contributed by atoms with Crippen molar-refractivity contribution in [2.24, 2.45) is 5.92 Å². The van der Waals surface area contributed by atoms with Gasteiger partial charge < -0.3 is 20.1 Å². The summed E-state index contributed by atoms with van der Waals surface area (Å²) in [6.07, 6.45) is 3.42. The van der Waals surface area contributed by atoms with Gasteiger partial charge >= 0.3 is 0 Å². The van der Waals surface area contributed by atoms with Gasteiger partial charge in [-0.1, -0.05) is 6.07 Å². The van der Waals surface area contributed by atoms with Gasteiger partial charge in [-0.2, -0.15) is 0 Å². The van der Waals surface area contributed by atoms with Crippen LogP contribution in [-0.4, -0.2) is 44.1 Å². The lowest BCUT2D eigenvalue weighted by atomic mass is 10.0. The normalized spacial score (nSPS) is 20.9. The summed E-state index contributed by atoms with van der Waals surface area (Å²) >= 11 is 0. The summed E-state index contributed by atoms with van der Waals surface area (Å²) in [5.41, 5.74) is 1.64. The lowest BCUT2D eigenvalue weighted by Crippen LogP contribution is -2.36. The Morgan fingerprint density at radius 3 is 2.61 bits per heavy atom. The second kappa shape index (κ2) is 8.08. The van der Waals surface area contributed by atoms with Crippen LogP contribution in [0.1, 0.15) is 31.2 Å². The molecule has 0 aromatic heterocycles. The SMILES string of the molecule is OC1CCN(c2ccc(CNCC3CCOCC3)cc2F)CC1. The molecule has 0 bridgehead atoms. The number of hydrogen-bond donors (Lipinski definition) is 2. The summed E-state index contributed by atoms with van der Waals surface area (Å²) in [6, 6.07) is 5.51. The van der Waals surface area contributed by atoms with E-state index in [1.54, 1.807) is 6.07 Å². The smallest absolute Gasteiger partial charge is 0.146 e. The van der Waals surface area contributed by atoms with E-state index in [0.29, 0.717) is 31.0 Å². The number of benzene rings is 1. The molecule has 0 amide bonds. The molecule has 1 aromatic rings. The molecule has 2 saturated heterocycles. The summed E-state index contributed by atoms with van der Waals surface area (Å²) in [5.74, 6) is 0.513. The van der Waals surface area contributed by atoms with Crippen molar-refractivity contribution in [2.45, 2.75) is 38.3 Å². The Balaban J connectivity index is 1.50. The van der Waals surface area contributed by atoms with E-state index in [-0.39, 0.29) is 11.9 Å². The highest BCUT2D eigenvalue weighted by molar-refractivity contribution is 5.49. The number of aliphatic hydroxyl groups is 1. The Labute approximate surface area is 137 Å². The first-order valence-electron chi connectivity index (χ1n) is 8.72. The number of hydrogen-bond acceptors (Lipinski definition) is 4. The minimum absolute atomic E-state index is 0.160. The van der Waals surface area contributed by atoms with Gasteiger partial charge in [-0.05, 0) is 55.8 Å². The van der Waals surface area contributed by atoms with E-state index in [0.717, 1.165) is 51.3 Å². The highest BCUT2D eigenvalue weighted by Gasteiger charge is 2.19. The first kappa shape index (κ1) is 16.7. The standard InChI is InChI=1S/C18H27FN2O2/c19-17-11-15(13-20-12-14-5-9-23-10-6-14)1-2-18(17)21-7-3-16(22)4-8-21/h1-2,11,14,16,20,22H,3-10,12-13H2. The molecule has 0 radical (unpaired) electrons. The van der Waals surface area contributed by atoms with Crippen LogP contribution in [-0.2, 0) is 11.3 Å². The molecule has 23 heavy (non-hydrogen) atoms. The number of anilines is 1. The maximum absolute atomic E-state index is 14.4. The van der Waals surface area contributed by atoms with Crippen LogP contribution in [0.3, 0.4) is 0 Å². The van der Waals surface area contributed by atoms with E-state index < -0.39 is 0 Å². The summed E-state index contributed by atoms with van der Waals surface area (Å²) in [7, 11) is 0. The molecule has 2 heterocycles. The molecular weight excluding hydrogens is 295 g/mol. The molecule has 2 aliphatic heterocycles. The highest BCUT2D eigenvalue weighted by atomic mass is 19.1. The molecule has 2 fully saturated rings. The number of nitrogens with one attached hydrogen (secondary N) is 1. The van der Waals surface area contributed by atoms with Crippen molar-refractivity contribution in [3.63, 3.8) is 0 Å². The van der Waals surface area contributed by atoms with Crippen molar-refractivity contribution >= 4 is 5.69 Å². The first-order valence-corrected chi connectivity index (χ1v) is 8.72. The highest BCUT2D eigenvalue weighted by Crippen LogP contribution is 2.24. The van der Waals surface area contributed by atoms with E-state index in [1.165, 1.54) is 0 Å². The molecule has 2 aliphatic rings. The fraction of sp³-hybridized carbons (Fsp3) is 0.667. The Morgan fingerprint density at radius 2 is 1.91 bits per heavy atom. The van der Waals surface area contributed by atoms with Crippen LogP contribution in [0.2, 0.25) is 0 Å². The Morgan fingerprint density at radius 1 is 1.17 bits per heavy atom. The van der Waals surface area contributed by atoms with Gasteiger partial charge in [0.25, 0.3) is 0 Å². The van der Waals surface area contributed by atoms with E-state index in [1.807, 2.05) is 17.0 Å². The summed E-state index contributed by atoms with van der Waals surface area (Å²) < 4.78 is 19.7. The quantitative estimate of drug-likeness (QED) is 0.873. The van der Waals surface area contributed by atoms with E-state index in [4.69, 9.17) is 4.74 Å². The van der Waals surface area contributed by atoms with Crippen LogP contribution in [0, 0.1) is 11.7 Å². The molecule has 0 saturated carbocycles. The van der Waals surface area contributed by atoms with Crippen molar-refractivity contribution in [3.8, 4) is 0 Å². The average Bonchev–Trinajstić information content (AvgIpc) is 2.57. The second-order valence-electron chi connectivity index (χ2n) is 6.69. The summed E-state index contributed by atoms with van der Waals surface area (Å²) in [6.45, 7) is 4.84. The van der Waals surface area contributed by atoms with Gasteiger partial charge in [-0.3, -0.25) is 0 Å². The zero-order chi connectivity index (χ0) is 16.1. The van der Waals surface area contributed by atoms with Crippen molar-refractivity contribution in [1.82, 2.24) is 5.32 Å². The lowest BCUT2D eigenvalue weighted by Gasteiger charge is -2.31. The average molecular weight is 322 g/mol. The third-order valence-corrected chi connectivity index (χ3v) is 4.92. The van der Waals surface area contributed by atoms with Gasteiger partial charge in [0, 0.05) is 32.8 Å². The van der Waals surface area contributed by atoms with Crippen molar-refractivity contribution in [3.05, 3.63) is 29.6 Å². The lowest BCUT2D eigenvalue weighted by molar-refractivity contribution is 0.0662. The fourth-order valence-corrected chi connectivity index (χ4v) is 3.39. The number of ether oxygens (including phenoxy) is 1. The molecule has 5 heteroatoms. The second-order valence-corrected chi connectivity index (χ2v) is 6.69. The molecule has 2 N–H and O–H groups in total. The number of aliphatic hydroxyl groups excluding tert-OH is 1. The topological polar surface area (TPSA) is 44.7 Å². The van der Waals surface area contributed by atoms with E-state index in [2.05, 4.69) is 5.32 Å². The molecule has 1 aromatic carbocycles. The molecule has 128 valence electrons. The third-order valence-electron chi connectivity index (χ3n) is 4.92. The Kier molecular flexibility index (Phi) is 5.86. The van der Waals surface area contributed by atoms with Crippen molar-refractivity contribution in [1.29, 1.82) is 0 Å². The largest absolute Gasteiger partial charge is 0.393 e. The zero-order valence-electron chi connectivity index (χ0n) is 13.6. The zero-order valence-corrected chi connectivity index (χ0v) is 13.6. The molecule has 0 spiro atoms. The molecule has 3 rings (SSSR count). The van der Waals surface area contributed by atoms with Crippen LogP contribution in [0.4, 0.5) is 10.1 Å². The minimum Gasteiger partial charge on any atom is -0.393 e. The summed E-state index contributed by atoms with van der Waals surface area (Å²) in [5, 5.41) is 13.0. The third kappa shape index (κ3) is 4.66. The Bertz CT molecular complexity index is 498. The minimum atomic E-state index is -0.233. The van der Waals surface area contributed by atoms with Crippen LogP contribution in [0.25, 0.3) is 0 Å². The van der Waals surface area contributed by atoms with Crippen LogP contribution < -0.4 is 10.2 Å². The van der Waals surface area contributed by atoms with Gasteiger partial charge in [0.2, 0.25) is 0 Å². The molecule has 0 aliphatic carbocycles. The Hall–Kier alpha value is -1.17. The number of halogens is 1. The fourth-order valence-electron chi connectivity index (χ4n) is 3.39. The number of rotatable bonds is 5. The van der Waals surface area contributed by atoms with Crippen molar-refractivity contribution in [2.75, 3.05) is 37.7 Å². The molecule has 0 unspecified atom stereocenters. The maximum Gasteiger partial charge on any atom is 0.146 e. The van der Waals surface area contributed by atoms with Crippen LogP contribution in [0.5, 0.6) is 0 Å². The van der Waals surface area contributed by atoms with Crippen LogP contribution >= 0.6 is 0 Å².